The number of hydrogen-bond acceptors (Lipinski definition) is 3. The molecule has 1 fully saturated rings. The largest absolute Gasteiger partial charge is 0.399 e. The fraction of sp³-hybridized carbons (Fsp3) is 0.538. The van der Waals surface area contributed by atoms with Crippen LogP contribution in [0.15, 0.2) is 18.2 Å². The van der Waals surface area contributed by atoms with Gasteiger partial charge in [-0.3, -0.25) is 0 Å². The van der Waals surface area contributed by atoms with Crippen LogP contribution in [0.25, 0.3) is 0 Å². The Morgan fingerprint density at radius 3 is 2.53 bits per heavy atom. The van der Waals surface area contributed by atoms with Crippen molar-refractivity contribution >= 4 is 23.1 Å². The normalized spacial score (nSPS) is 24.6. The number of nitrogens with two attached hydrogens (primary N) is 1. The molecular formula is C13H19FN2S. The van der Waals surface area contributed by atoms with Crippen LogP contribution in [0.5, 0.6) is 0 Å². The van der Waals surface area contributed by atoms with Gasteiger partial charge in [-0.05, 0) is 50.1 Å². The van der Waals surface area contributed by atoms with Gasteiger partial charge in [0.1, 0.15) is 5.82 Å². The van der Waals surface area contributed by atoms with Crippen molar-refractivity contribution in [1.29, 1.82) is 0 Å². The molecule has 1 aliphatic carbocycles. The lowest BCUT2D eigenvalue weighted by molar-refractivity contribution is 0.473. The Morgan fingerprint density at radius 1 is 1.24 bits per heavy atom. The number of halogens is 1. The molecule has 2 rings (SSSR count). The van der Waals surface area contributed by atoms with Gasteiger partial charge in [-0.1, -0.05) is 0 Å². The van der Waals surface area contributed by atoms with E-state index in [2.05, 4.69) is 11.6 Å². The minimum Gasteiger partial charge on any atom is -0.399 e. The second-order valence-corrected chi connectivity index (χ2v) is 5.76. The third-order valence-corrected chi connectivity index (χ3v) is 4.44. The van der Waals surface area contributed by atoms with Gasteiger partial charge in [-0.15, -0.1) is 0 Å². The third kappa shape index (κ3) is 3.53. The molecule has 94 valence electrons. The molecule has 17 heavy (non-hydrogen) atoms. The molecule has 0 aliphatic heterocycles. The molecule has 0 aromatic heterocycles. The number of hydrogen-bond donors (Lipinski definition) is 2. The zero-order chi connectivity index (χ0) is 12.3. The number of rotatable bonds is 3. The van der Waals surface area contributed by atoms with E-state index < -0.39 is 0 Å². The van der Waals surface area contributed by atoms with Gasteiger partial charge < -0.3 is 11.1 Å². The average Bonchev–Trinajstić information content (AvgIpc) is 2.28. The summed E-state index contributed by atoms with van der Waals surface area (Å²) >= 11 is 1.95. The monoisotopic (exact) mass is 254 g/mol. The number of nitrogen functional groups attached to an aromatic ring is 1. The van der Waals surface area contributed by atoms with Crippen LogP contribution >= 0.6 is 11.8 Å². The number of thioether (sulfide) groups is 1. The summed E-state index contributed by atoms with van der Waals surface area (Å²) in [6, 6.07) is 5.11. The van der Waals surface area contributed by atoms with E-state index >= 15 is 0 Å². The van der Waals surface area contributed by atoms with Crippen LogP contribution in [-0.2, 0) is 0 Å². The van der Waals surface area contributed by atoms with Gasteiger partial charge >= 0.3 is 0 Å². The Morgan fingerprint density at radius 2 is 1.94 bits per heavy atom. The fourth-order valence-corrected chi connectivity index (χ4v) is 3.12. The van der Waals surface area contributed by atoms with Crippen molar-refractivity contribution in [3.8, 4) is 0 Å². The van der Waals surface area contributed by atoms with Crippen LogP contribution in [0.4, 0.5) is 15.8 Å². The van der Waals surface area contributed by atoms with Crippen molar-refractivity contribution in [3.05, 3.63) is 24.0 Å². The molecule has 2 nitrogen and oxygen atoms in total. The maximum Gasteiger partial charge on any atom is 0.127 e. The number of anilines is 2. The number of nitrogens with one attached hydrogen (secondary N) is 1. The molecule has 1 aromatic carbocycles. The second kappa shape index (κ2) is 5.63. The van der Waals surface area contributed by atoms with E-state index in [0.29, 0.717) is 11.7 Å². The summed E-state index contributed by atoms with van der Waals surface area (Å²) in [7, 11) is 0. The highest BCUT2D eigenvalue weighted by Gasteiger charge is 2.20. The van der Waals surface area contributed by atoms with E-state index in [1.54, 1.807) is 6.07 Å². The molecule has 0 spiro atoms. The topological polar surface area (TPSA) is 38.0 Å². The van der Waals surface area contributed by atoms with Gasteiger partial charge in [0.2, 0.25) is 0 Å². The highest BCUT2D eigenvalue weighted by Crippen LogP contribution is 2.29. The lowest BCUT2D eigenvalue weighted by atomic mass is 9.95. The zero-order valence-electron chi connectivity index (χ0n) is 10.1. The zero-order valence-corrected chi connectivity index (χ0v) is 10.9. The van der Waals surface area contributed by atoms with E-state index in [1.165, 1.54) is 25.0 Å². The van der Waals surface area contributed by atoms with Crippen molar-refractivity contribution in [2.45, 2.75) is 37.0 Å². The standard InChI is InChI=1S/C13H19FN2S/c1-17-13-4-2-11(3-5-13)16-12-7-9(14)6-10(15)8-12/h6-8,11,13,16H,2-5,15H2,1H3. The molecule has 0 bridgehead atoms. The minimum absolute atomic E-state index is 0.273. The SMILES string of the molecule is CSC1CCC(Nc2cc(N)cc(F)c2)CC1. The summed E-state index contributed by atoms with van der Waals surface area (Å²) in [5.74, 6) is -0.273. The first kappa shape index (κ1) is 12.6. The van der Waals surface area contributed by atoms with Gasteiger partial charge in [0.25, 0.3) is 0 Å². The van der Waals surface area contributed by atoms with Crippen molar-refractivity contribution in [2.24, 2.45) is 0 Å². The van der Waals surface area contributed by atoms with Crippen LogP contribution in [-0.4, -0.2) is 17.5 Å². The smallest absolute Gasteiger partial charge is 0.127 e. The molecular weight excluding hydrogens is 235 g/mol. The summed E-state index contributed by atoms with van der Waals surface area (Å²) in [4.78, 5) is 0. The van der Waals surface area contributed by atoms with Gasteiger partial charge in [-0.25, -0.2) is 4.39 Å². The van der Waals surface area contributed by atoms with Crippen LogP contribution in [0.2, 0.25) is 0 Å². The van der Waals surface area contributed by atoms with Gasteiger partial charge in [-0.2, -0.15) is 11.8 Å². The predicted octanol–water partition coefficient (Wildman–Crippen LogP) is 3.49. The Labute approximate surface area is 106 Å². The van der Waals surface area contributed by atoms with Crippen LogP contribution in [0.1, 0.15) is 25.7 Å². The molecule has 0 amide bonds. The fourth-order valence-electron chi connectivity index (χ4n) is 2.37. The van der Waals surface area contributed by atoms with E-state index in [4.69, 9.17) is 5.73 Å². The quantitative estimate of drug-likeness (QED) is 0.811. The van der Waals surface area contributed by atoms with E-state index in [0.717, 1.165) is 23.8 Å². The Balaban J connectivity index is 1.93. The molecule has 0 radical (unpaired) electrons. The highest BCUT2D eigenvalue weighted by atomic mass is 32.2. The van der Waals surface area contributed by atoms with Crippen LogP contribution in [0.3, 0.4) is 0 Å². The molecule has 0 atom stereocenters. The highest BCUT2D eigenvalue weighted by molar-refractivity contribution is 7.99. The summed E-state index contributed by atoms with van der Waals surface area (Å²) in [6.45, 7) is 0. The Kier molecular flexibility index (Phi) is 4.15. The third-order valence-electron chi connectivity index (χ3n) is 3.30. The van der Waals surface area contributed by atoms with E-state index in [9.17, 15) is 4.39 Å². The van der Waals surface area contributed by atoms with Crippen molar-refractivity contribution in [2.75, 3.05) is 17.3 Å². The van der Waals surface area contributed by atoms with Crippen LogP contribution in [0, 0.1) is 5.82 Å². The summed E-state index contributed by atoms with van der Waals surface area (Å²) in [6.07, 6.45) is 6.96. The molecule has 4 heteroatoms. The summed E-state index contributed by atoms with van der Waals surface area (Å²) in [5.41, 5.74) is 6.90. The maximum atomic E-state index is 13.2. The molecule has 1 aromatic rings. The molecule has 1 aliphatic rings. The van der Waals surface area contributed by atoms with Crippen molar-refractivity contribution in [1.82, 2.24) is 0 Å². The summed E-state index contributed by atoms with van der Waals surface area (Å²) in [5, 5.41) is 4.17. The predicted molar refractivity (Wildman–Crippen MR) is 74.0 cm³/mol. The van der Waals surface area contributed by atoms with E-state index in [1.807, 2.05) is 11.8 Å². The summed E-state index contributed by atoms with van der Waals surface area (Å²) < 4.78 is 13.2. The molecule has 1 saturated carbocycles. The first-order valence-corrected chi connectivity index (χ1v) is 7.31. The maximum absolute atomic E-state index is 13.2. The lowest BCUT2D eigenvalue weighted by Gasteiger charge is -2.28. The molecule has 0 saturated heterocycles. The minimum atomic E-state index is -0.273. The molecule has 0 unspecified atom stereocenters. The van der Waals surface area contributed by atoms with Gasteiger partial charge in [0, 0.05) is 22.7 Å². The number of benzene rings is 1. The van der Waals surface area contributed by atoms with E-state index in [-0.39, 0.29) is 5.82 Å². The van der Waals surface area contributed by atoms with Crippen molar-refractivity contribution < 1.29 is 4.39 Å². The first-order valence-electron chi connectivity index (χ1n) is 6.03. The van der Waals surface area contributed by atoms with Gasteiger partial charge in [0.15, 0.2) is 0 Å². The Bertz CT molecular complexity index is 355. The first-order chi connectivity index (χ1) is 8.17. The van der Waals surface area contributed by atoms with Gasteiger partial charge in [0.05, 0.1) is 0 Å². The molecule has 3 N–H and O–H groups in total. The van der Waals surface area contributed by atoms with Crippen molar-refractivity contribution in [3.63, 3.8) is 0 Å². The average molecular weight is 254 g/mol. The second-order valence-electron chi connectivity index (χ2n) is 4.63. The molecule has 0 heterocycles. The Hall–Kier alpha value is -0.900. The lowest BCUT2D eigenvalue weighted by Crippen LogP contribution is -2.27. The van der Waals surface area contributed by atoms with Crippen LogP contribution < -0.4 is 11.1 Å².